The van der Waals surface area contributed by atoms with Gasteiger partial charge in [-0.05, 0) is 48.4 Å². The van der Waals surface area contributed by atoms with Crippen LogP contribution in [0, 0.1) is 0 Å². The van der Waals surface area contributed by atoms with E-state index in [2.05, 4.69) is 0 Å². The Kier molecular flexibility index (Phi) is 5.81. The van der Waals surface area contributed by atoms with E-state index in [4.69, 9.17) is 27.8 Å². The Labute approximate surface area is 135 Å². The molecule has 2 rings (SSSR count). The van der Waals surface area contributed by atoms with Gasteiger partial charge in [0.2, 0.25) is 0 Å². The van der Waals surface area contributed by atoms with Gasteiger partial charge in [0.15, 0.2) is 6.61 Å². The molecule has 0 saturated carbocycles. The molecule has 0 bridgehead atoms. The monoisotopic (exact) mass is 318 g/mol. The third-order valence-corrected chi connectivity index (χ3v) is 3.64. The van der Waals surface area contributed by atoms with Gasteiger partial charge >= 0.3 is 0 Å². The first-order valence-corrected chi connectivity index (χ1v) is 7.42. The number of hydrogen-bond acceptors (Lipinski definition) is 3. The van der Waals surface area contributed by atoms with Crippen LogP contribution in [0.2, 0.25) is 5.02 Å². The molecule has 0 aliphatic carbocycles. The Morgan fingerprint density at radius 2 is 1.91 bits per heavy atom. The van der Waals surface area contributed by atoms with Crippen molar-refractivity contribution >= 4 is 17.5 Å². The summed E-state index contributed by atoms with van der Waals surface area (Å²) in [7, 11) is 0. The van der Waals surface area contributed by atoms with E-state index in [1.54, 1.807) is 6.07 Å². The summed E-state index contributed by atoms with van der Waals surface area (Å²) < 4.78 is 5.34. The molecule has 5 heteroatoms. The highest BCUT2D eigenvalue weighted by molar-refractivity contribution is 6.30. The third kappa shape index (κ3) is 4.76. The van der Waals surface area contributed by atoms with Crippen LogP contribution in [-0.2, 0) is 11.2 Å². The van der Waals surface area contributed by atoms with E-state index in [1.165, 1.54) is 5.56 Å². The smallest absolute Gasteiger partial charge is 0.255 e. The molecule has 4 nitrogen and oxygen atoms in total. The van der Waals surface area contributed by atoms with E-state index >= 15 is 0 Å². The Balaban J connectivity index is 2.11. The summed E-state index contributed by atoms with van der Waals surface area (Å²) in [6, 6.07) is 15.3. The molecule has 2 aromatic rings. The zero-order valence-electron chi connectivity index (χ0n) is 12.2. The molecule has 0 saturated heterocycles. The van der Waals surface area contributed by atoms with E-state index in [9.17, 15) is 4.79 Å². The minimum Gasteiger partial charge on any atom is -0.484 e. The van der Waals surface area contributed by atoms with E-state index < -0.39 is 5.91 Å². The Morgan fingerprint density at radius 1 is 1.18 bits per heavy atom. The van der Waals surface area contributed by atoms with Crippen molar-refractivity contribution in [1.29, 1.82) is 0 Å². The number of carbonyl (C=O) groups excluding carboxylic acids is 1. The second kappa shape index (κ2) is 7.82. The number of amides is 1. The molecule has 1 amide bonds. The lowest BCUT2D eigenvalue weighted by atomic mass is 9.92. The van der Waals surface area contributed by atoms with Crippen LogP contribution < -0.4 is 16.2 Å². The first-order valence-electron chi connectivity index (χ1n) is 7.04. The lowest BCUT2D eigenvalue weighted by molar-refractivity contribution is -0.119. The summed E-state index contributed by atoms with van der Waals surface area (Å²) in [5.74, 6) is 0.283. The number of benzene rings is 2. The minimum absolute atomic E-state index is 0.131. The molecular formula is C17H19ClN2O2. The maximum absolute atomic E-state index is 10.8. The highest BCUT2D eigenvalue weighted by Crippen LogP contribution is 2.24. The SMILES string of the molecule is NCC(Cc1ccc(Cl)cc1)c1cccc(OCC(N)=O)c1. The van der Waals surface area contributed by atoms with E-state index in [1.807, 2.05) is 42.5 Å². The van der Waals surface area contributed by atoms with Crippen molar-refractivity contribution in [2.75, 3.05) is 13.2 Å². The number of carbonyl (C=O) groups is 1. The van der Waals surface area contributed by atoms with Gasteiger partial charge in [0, 0.05) is 10.9 Å². The predicted octanol–water partition coefficient (Wildman–Crippen LogP) is 2.49. The summed E-state index contributed by atoms with van der Waals surface area (Å²) in [5, 5.41) is 0.717. The average Bonchev–Trinajstić information content (AvgIpc) is 2.52. The van der Waals surface area contributed by atoms with Gasteiger partial charge < -0.3 is 16.2 Å². The third-order valence-electron chi connectivity index (χ3n) is 3.39. The van der Waals surface area contributed by atoms with Crippen LogP contribution in [0.1, 0.15) is 17.0 Å². The molecule has 116 valence electrons. The molecule has 1 unspecified atom stereocenters. The molecule has 1 atom stereocenters. The quantitative estimate of drug-likeness (QED) is 0.823. The fourth-order valence-corrected chi connectivity index (χ4v) is 2.38. The lowest BCUT2D eigenvalue weighted by Gasteiger charge is -2.16. The summed E-state index contributed by atoms with van der Waals surface area (Å²) in [6.45, 7) is 0.385. The summed E-state index contributed by atoms with van der Waals surface area (Å²) in [4.78, 5) is 10.8. The van der Waals surface area contributed by atoms with E-state index in [-0.39, 0.29) is 12.5 Å². The van der Waals surface area contributed by atoms with Gasteiger partial charge in [0.1, 0.15) is 5.75 Å². The second-order valence-electron chi connectivity index (χ2n) is 5.09. The van der Waals surface area contributed by atoms with Gasteiger partial charge in [0.05, 0.1) is 0 Å². The molecular weight excluding hydrogens is 300 g/mol. The van der Waals surface area contributed by atoms with Gasteiger partial charge in [-0.15, -0.1) is 0 Å². The van der Waals surface area contributed by atoms with Gasteiger partial charge in [-0.25, -0.2) is 0 Å². The van der Waals surface area contributed by atoms with Gasteiger partial charge in [-0.2, -0.15) is 0 Å². The molecule has 0 aliphatic heterocycles. The van der Waals surface area contributed by atoms with Crippen molar-refractivity contribution < 1.29 is 9.53 Å². The lowest BCUT2D eigenvalue weighted by Crippen LogP contribution is -2.20. The molecule has 22 heavy (non-hydrogen) atoms. The molecule has 0 fully saturated rings. The number of ether oxygens (including phenoxy) is 1. The summed E-state index contributed by atoms with van der Waals surface area (Å²) in [5.41, 5.74) is 13.2. The van der Waals surface area contributed by atoms with E-state index in [0.29, 0.717) is 12.3 Å². The molecule has 0 heterocycles. The van der Waals surface area contributed by atoms with Gasteiger partial charge in [0.25, 0.3) is 5.91 Å². The predicted molar refractivity (Wildman–Crippen MR) is 88.1 cm³/mol. The fourth-order valence-electron chi connectivity index (χ4n) is 2.26. The fraction of sp³-hybridized carbons (Fsp3) is 0.235. The number of hydrogen-bond donors (Lipinski definition) is 2. The topological polar surface area (TPSA) is 78.3 Å². The van der Waals surface area contributed by atoms with Crippen molar-refractivity contribution in [2.24, 2.45) is 11.5 Å². The molecule has 0 aliphatic rings. The molecule has 0 spiro atoms. The highest BCUT2D eigenvalue weighted by Gasteiger charge is 2.12. The maximum Gasteiger partial charge on any atom is 0.255 e. The van der Waals surface area contributed by atoms with Crippen LogP contribution in [0.5, 0.6) is 5.75 Å². The van der Waals surface area contributed by atoms with E-state index in [0.717, 1.165) is 17.0 Å². The van der Waals surface area contributed by atoms with Crippen molar-refractivity contribution in [2.45, 2.75) is 12.3 Å². The zero-order valence-corrected chi connectivity index (χ0v) is 12.9. The average molecular weight is 319 g/mol. The van der Waals surface area contributed by atoms with Crippen LogP contribution >= 0.6 is 11.6 Å². The van der Waals surface area contributed by atoms with Crippen LogP contribution in [-0.4, -0.2) is 19.1 Å². The van der Waals surface area contributed by atoms with Crippen molar-refractivity contribution in [1.82, 2.24) is 0 Å². The highest BCUT2D eigenvalue weighted by atomic mass is 35.5. The zero-order chi connectivity index (χ0) is 15.9. The minimum atomic E-state index is -0.498. The molecule has 0 radical (unpaired) electrons. The van der Waals surface area contributed by atoms with Gasteiger partial charge in [-0.3, -0.25) is 4.79 Å². The van der Waals surface area contributed by atoms with Gasteiger partial charge in [-0.1, -0.05) is 35.9 Å². The van der Waals surface area contributed by atoms with Crippen LogP contribution in [0.3, 0.4) is 0 Å². The summed E-state index contributed by atoms with van der Waals surface area (Å²) in [6.07, 6.45) is 0.812. The molecule has 2 aromatic carbocycles. The Bertz CT molecular complexity index is 629. The van der Waals surface area contributed by atoms with Crippen molar-refractivity contribution in [3.05, 3.63) is 64.7 Å². The molecule has 4 N–H and O–H groups in total. The number of halogens is 1. The Hall–Kier alpha value is -2.04. The second-order valence-corrected chi connectivity index (χ2v) is 5.53. The van der Waals surface area contributed by atoms with Crippen LogP contribution in [0.25, 0.3) is 0 Å². The van der Waals surface area contributed by atoms with Crippen molar-refractivity contribution in [3.8, 4) is 5.75 Å². The number of rotatable bonds is 7. The maximum atomic E-state index is 10.8. The first-order chi connectivity index (χ1) is 10.6. The van der Waals surface area contributed by atoms with Crippen LogP contribution in [0.15, 0.2) is 48.5 Å². The molecule has 0 aromatic heterocycles. The van der Waals surface area contributed by atoms with Crippen molar-refractivity contribution in [3.63, 3.8) is 0 Å². The first kappa shape index (κ1) is 16.3. The Morgan fingerprint density at radius 3 is 2.55 bits per heavy atom. The number of primary amides is 1. The standard InChI is InChI=1S/C17H19ClN2O2/c18-15-6-4-12(5-7-15)8-14(10-19)13-2-1-3-16(9-13)22-11-17(20)21/h1-7,9,14H,8,10-11,19H2,(H2,20,21). The summed E-state index contributed by atoms with van der Waals surface area (Å²) >= 11 is 5.90. The van der Waals surface area contributed by atoms with Crippen LogP contribution in [0.4, 0.5) is 0 Å². The normalized spacial score (nSPS) is 11.9. The largest absolute Gasteiger partial charge is 0.484 e. The number of nitrogens with two attached hydrogens (primary N) is 2.